The zero-order chi connectivity index (χ0) is 22.6. The standard InChI is InChI=1S/C23H25N3O5/c1-4-31-23(28)17-6-8-19(9-7-17)26-22(27)18(14-24)15-25-12-11-16-5-10-20(29-2)21(13-16)30-3/h5-10,13,15,25H,4,11-12H2,1-3H3,(H,26,27)/b18-15-. The van der Waals surface area contributed by atoms with Gasteiger partial charge in [0, 0.05) is 18.4 Å². The molecule has 0 aliphatic carbocycles. The van der Waals surface area contributed by atoms with Crippen molar-refractivity contribution >= 4 is 17.6 Å². The number of carbonyl (C=O) groups is 2. The smallest absolute Gasteiger partial charge is 0.338 e. The molecule has 0 aromatic heterocycles. The highest BCUT2D eigenvalue weighted by Gasteiger charge is 2.11. The van der Waals surface area contributed by atoms with Gasteiger partial charge in [0.1, 0.15) is 11.6 Å². The summed E-state index contributed by atoms with van der Waals surface area (Å²) in [6.45, 7) is 2.53. The maximum atomic E-state index is 12.3. The van der Waals surface area contributed by atoms with E-state index in [1.807, 2.05) is 24.3 Å². The summed E-state index contributed by atoms with van der Waals surface area (Å²) in [5, 5.41) is 14.9. The molecule has 0 spiro atoms. The average Bonchev–Trinajstić information content (AvgIpc) is 2.79. The molecule has 2 N–H and O–H groups in total. The van der Waals surface area contributed by atoms with Crippen LogP contribution in [0.3, 0.4) is 0 Å². The summed E-state index contributed by atoms with van der Waals surface area (Å²) < 4.78 is 15.4. The maximum absolute atomic E-state index is 12.3. The van der Waals surface area contributed by atoms with E-state index in [0.29, 0.717) is 35.7 Å². The summed E-state index contributed by atoms with van der Waals surface area (Å²) in [7, 11) is 3.15. The van der Waals surface area contributed by atoms with Crippen LogP contribution >= 0.6 is 0 Å². The number of amides is 1. The van der Waals surface area contributed by atoms with Crippen LogP contribution in [0.5, 0.6) is 11.5 Å². The highest BCUT2D eigenvalue weighted by molar-refractivity contribution is 6.06. The van der Waals surface area contributed by atoms with E-state index < -0.39 is 11.9 Å². The van der Waals surface area contributed by atoms with Gasteiger partial charge in [0.2, 0.25) is 0 Å². The number of nitrogens with one attached hydrogen (secondary N) is 2. The summed E-state index contributed by atoms with van der Waals surface area (Å²) in [6.07, 6.45) is 2.04. The predicted molar refractivity (Wildman–Crippen MR) is 116 cm³/mol. The van der Waals surface area contributed by atoms with Crippen molar-refractivity contribution in [2.75, 3.05) is 32.7 Å². The molecule has 0 atom stereocenters. The van der Waals surface area contributed by atoms with E-state index in [4.69, 9.17) is 14.2 Å². The quantitative estimate of drug-likeness (QED) is 0.262. The maximum Gasteiger partial charge on any atom is 0.338 e. The van der Waals surface area contributed by atoms with E-state index in [-0.39, 0.29) is 12.2 Å². The van der Waals surface area contributed by atoms with Crippen molar-refractivity contribution in [3.8, 4) is 17.6 Å². The molecule has 0 heterocycles. The van der Waals surface area contributed by atoms with Crippen LogP contribution < -0.4 is 20.1 Å². The van der Waals surface area contributed by atoms with E-state index in [9.17, 15) is 14.9 Å². The van der Waals surface area contributed by atoms with E-state index in [2.05, 4.69) is 10.6 Å². The number of methoxy groups -OCH3 is 2. The molecule has 2 aromatic carbocycles. The number of hydrogen-bond acceptors (Lipinski definition) is 7. The largest absolute Gasteiger partial charge is 0.493 e. The lowest BCUT2D eigenvalue weighted by molar-refractivity contribution is -0.112. The van der Waals surface area contributed by atoms with Crippen molar-refractivity contribution in [3.05, 3.63) is 65.4 Å². The molecular formula is C23H25N3O5. The molecule has 2 rings (SSSR count). The number of esters is 1. The lowest BCUT2D eigenvalue weighted by atomic mass is 10.1. The van der Waals surface area contributed by atoms with E-state index in [1.54, 1.807) is 45.4 Å². The first-order valence-corrected chi connectivity index (χ1v) is 9.65. The van der Waals surface area contributed by atoms with E-state index in [1.165, 1.54) is 6.20 Å². The molecule has 2 aromatic rings. The molecule has 1 amide bonds. The van der Waals surface area contributed by atoms with E-state index >= 15 is 0 Å². The Morgan fingerprint density at radius 3 is 2.39 bits per heavy atom. The van der Waals surface area contributed by atoms with Gasteiger partial charge in [-0.1, -0.05) is 6.07 Å². The topological polar surface area (TPSA) is 110 Å². The predicted octanol–water partition coefficient (Wildman–Crippen LogP) is 3.06. The monoisotopic (exact) mass is 423 g/mol. The van der Waals surface area contributed by atoms with Crippen LogP contribution in [0.15, 0.2) is 54.2 Å². The molecule has 0 aliphatic heterocycles. The molecule has 0 radical (unpaired) electrons. The van der Waals surface area contributed by atoms with Crippen molar-refractivity contribution in [3.63, 3.8) is 0 Å². The molecule has 0 saturated carbocycles. The van der Waals surface area contributed by atoms with Gasteiger partial charge < -0.3 is 24.8 Å². The number of ether oxygens (including phenoxy) is 3. The van der Waals surface area contributed by atoms with Crippen LogP contribution in [0.1, 0.15) is 22.8 Å². The van der Waals surface area contributed by atoms with Crippen LogP contribution in [0.4, 0.5) is 5.69 Å². The first kappa shape index (κ1) is 23.3. The van der Waals surface area contributed by atoms with Crippen LogP contribution in [-0.2, 0) is 16.0 Å². The number of nitrogens with zero attached hydrogens (tertiary/aromatic N) is 1. The first-order valence-electron chi connectivity index (χ1n) is 9.65. The van der Waals surface area contributed by atoms with Gasteiger partial charge in [0.25, 0.3) is 5.91 Å². The van der Waals surface area contributed by atoms with E-state index in [0.717, 1.165) is 5.56 Å². The van der Waals surface area contributed by atoms with Gasteiger partial charge in [-0.2, -0.15) is 5.26 Å². The third-order valence-corrected chi connectivity index (χ3v) is 4.27. The summed E-state index contributed by atoms with van der Waals surface area (Å²) in [6, 6.07) is 13.7. The number of carbonyl (C=O) groups excluding carboxylic acids is 2. The zero-order valence-electron chi connectivity index (χ0n) is 17.7. The number of anilines is 1. The summed E-state index contributed by atoms with van der Waals surface area (Å²) in [5.74, 6) is 0.307. The number of hydrogen-bond donors (Lipinski definition) is 2. The zero-order valence-corrected chi connectivity index (χ0v) is 17.7. The van der Waals surface area contributed by atoms with Crippen LogP contribution in [0, 0.1) is 11.3 Å². The SMILES string of the molecule is CCOC(=O)c1ccc(NC(=O)/C(C#N)=C\NCCc2ccc(OC)c(OC)c2)cc1. The molecule has 0 unspecified atom stereocenters. The number of benzene rings is 2. The van der Waals surface area contributed by atoms with Gasteiger partial charge in [-0.3, -0.25) is 4.79 Å². The van der Waals surface area contributed by atoms with Crippen LogP contribution in [0.2, 0.25) is 0 Å². The number of nitriles is 1. The third kappa shape index (κ3) is 6.78. The molecule has 162 valence electrons. The second-order valence-electron chi connectivity index (χ2n) is 6.32. The van der Waals surface area contributed by atoms with Gasteiger partial charge in [-0.05, 0) is 55.3 Å². The highest BCUT2D eigenvalue weighted by Crippen LogP contribution is 2.27. The Hall–Kier alpha value is -3.99. The van der Waals surface area contributed by atoms with Crippen molar-refractivity contribution in [1.82, 2.24) is 5.32 Å². The van der Waals surface area contributed by atoms with Gasteiger partial charge in [-0.15, -0.1) is 0 Å². The molecule has 8 nitrogen and oxygen atoms in total. The fourth-order valence-corrected chi connectivity index (χ4v) is 2.68. The lowest BCUT2D eigenvalue weighted by Gasteiger charge is -2.10. The Morgan fingerprint density at radius 1 is 1.06 bits per heavy atom. The fraction of sp³-hybridized carbons (Fsp3) is 0.261. The minimum Gasteiger partial charge on any atom is -0.493 e. The molecule has 0 saturated heterocycles. The lowest BCUT2D eigenvalue weighted by Crippen LogP contribution is -2.18. The van der Waals surface area contributed by atoms with Gasteiger partial charge in [0.05, 0.1) is 26.4 Å². The van der Waals surface area contributed by atoms with Gasteiger partial charge in [0.15, 0.2) is 11.5 Å². The minimum absolute atomic E-state index is 0.0678. The van der Waals surface area contributed by atoms with Crippen molar-refractivity contribution in [2.24, 2.45) is 0 Å². The normalized spacial score (nSPS) is 10.6. The Bertz CT molecular complexity index is 978. The van der Waals surface area contributed by atoms with Gasteiger partial charge >= 0.3 is 5.97 Å². The van der Waals surface area contributed by atoms with Crippen LogP contribution in [-0.4, -0.2) is 39.2 Å². The average molecular weight is 423 g/mol. The Morgan fingerprint density at radius 2 is 1.77 bits per heavy atom. The molecule has 0 aliphatic rings. The Labute approximate surface area is 181 Å². The molecular weight excluding hydrogens is 398 g/mol. The second kappa shape index (κ2) is 11.9. The number of rotatable bonds is 10. The first-order chi connectivity index (χ1) is 15.0. The molecule has 31 heavy (non-hydrogen) atoms. The second-order valence-corrected chi connectivity index (χ2v) is 6.32. The third-order valence-electron chi connectivity index (χ3n) is 4.27. The van der Waals surface area contributed by atoms with Crippen molar-refractivity contribution in [1.29, 1.82) is 5.26 Å². The molecule has 8 heteroatoms. The Balaban J connectivity index is 1.91. The summed E-state index contributed by atoms with van der Waals surface area (Å²) >= 11 is 0. The minimum atomic E-state index is -0.551. The summed E-state index contributed by atoms with van der Waals surface area (Å²) in [4.78, 5) is 24.0. The highest BCUT2D eigenvalue weighted by atomic mass is 16.5. The van der Waals surface area contributed by atoms with Crippen molar-refractivity contribution < 1.29 is 23.8 Å². The summed E-state index contributed by atoms with van der Waals surface area (Å²) in [5.41, 5.74) is 1.79. The van der Waals surface area contributed by atoms with Gasteiger partial charge in [-0.25, -0.2) is 4.79 Å². The fourth-order valence-electron chi connectivity index (χ4n) is 2.68. The van der Waals surface area contributed by atoms with Crippen LogP contribution in [0.25, 0.3) is 0 Å². The molecule has 0 fully saturated rings. The molecule has 0 bridgehead atoms. The Kier molecular flexibility index (Phi) is 8.92. The van der Waals surface area contributed by atoms with Crippen molar-refractivity contribution in [2.45, 2.75) is 13.3 Å².